The minimum Gasteiger partial charge on any atom is -0.369 e. The maximum atomic E-state index is 12.2. The third kappa shape index (κ3) is 2.82. The molecule has 1 aromatic carbocycles. The number of anilines is 2. The zero-order valence-corrected chi connectivity index (χ0v) is 15.7. The molecular formula is C22H20N6O. The molecule has 1 atom stereocenters. The second kappa shape index (κ2) is 6.70. The van der Waals surface area contributed by atoms with Gasteiger partial charge in [0.15, 0.2) is 0 Å². The van der Waals surface area contributed by atoms with Crippen molar-refractivity contribution >= 4 is 29.0 Å². The number of aromatic nitrogens is 4. The van der Waals surface area contributed by atoms with E-state index in [0.717, 1.165) is 52.8 Å². The SMILES string of the molecule is Nc1nccc(-c2c[nH]c3nccc(N4CCC(C=O)(c5ccccc5)C4)c23)n1. The maximum Gasteiger partial charge on any atom is 0.220 e. The molecule has 3 aromatic heterocycles. The summed E-state index contributed by atoms with van der Waals surface area (Å²) in [7, 11) is 0. The van der Waals surface area contributed by atoms with E-state index in [-0.39, 0.29) is 5.95 Å². The lowest BCUT2D eigenvalue weighted by Crippen LogP contribution is -2.32. The number of benzene rings is 1. The molecule has 0 radical (unpaired) electrons. The van der Waals surface area contributed by atoms with Crippen LogP contribution in [0.2, 0.25) is 0 Å². The van der Waals surface area contributed by atoms with Gasteiger partial charge in [-0.05, 0) is 24.1 Å². The van der Waals surface area contributed by atoms with Crippen molar-refractivity contribution in [2.24, 2.45) is 0 Å². The first kappa shape index (κ1) is 17.4. The Morgan fingerprint density at radius 3 is 2.72 bits per heavy atom. The van der Waals surface area contributed by atoms with Crippen molar-refractivity contribution in [3.8, 4) is 11.3 Å². The average molecular weight is 384 g/mol. The normalized spacial score (nSPS) is 19.0. The number of nitrogens with zero attached hydrogens (tertiary/aromatic N) is 4. The van der Waals surface area contributed by atoms with Gasteiger partial charge in [0.25, 0.3) is 0 Å². The van der Waals surface area contributed by atoms with Gasteiger partial charge in [0.2, 0.25) is 5.95 Å². The molecule has 1 fully saturated rings. The standard InChI is InChI=1S/C22H20N6O/c23-21-25-9-6-17(27-21)16-12-26-20-19(16)18(7-10-24-20)28-11-8-22(13-28,14-29)15-4-2-1-3-5-15/h1-7,9-10,12,14H,8,11,13H2,(H,24,26)(H2,23,25,27). The quantitative estimate of drug-likeness (QED) is 0.525. The average Bonchev–Trinajstić information content (AvgIpc) is 3.40. The van der Waals surface area contributed by atoms with Crippen molar-refractivity contribution in [2.75, 3.05) is 23.7 Å². The summed E-state index contributed by atoms with van der Waals surface area (Å²) in [4.78, 5) is 30.5. The van der Waals surface area contributed by atoms with Gasteiger partial charge in [-0.1, -0.05) is 30.3 Å². The van der Waals surface area contributed by atoms with Crippen LogP contribution in [-0.2, 0) is 10.2 Å². The van der Waals surface area contributed by atoms with Gasteiger partial charge in [-0.25, -0.2) is 15.0 Å². The maximum absolute atomic E-state index is 12.2. The van der Waals surface area contributed by atoms with Crippen LogP contribution in [0.4, 0.5) is 11.6 Å². The molecule has 7 heteroatoms. The molecule has 0 spiro atoms. The summed E-state index contributed by atoms with van der Waals surface area (Å²) in [6, 6.07) is 13.8. The summed E-state index contributed by atoms with van der Waals surface area (Å²) in [5.41, 5.74) is 9.80. The highest BCUT2D eigenvalue weighted by molar-refractivity contribution is 6.02. The van der Waals surface area contributed by atoms with E-state index < -0.39 is 5.41 Å². The molecule has 144 valence electrons. The first-order valence-electron chi connectivity index (χ1n) is 9.52. The molecule has 29 heavy (non-hydrogen) atoms. The highest BCUT2D eigenvalue weighted by Crippen LogP contribution is 2.40. The van der Waals surface area contributed by atoms with E-state index in [9.17, 15) is 4.79 Å². The lowest BCUT2D eigenvalue weighted by molar-refractivity contribution is -0.112. The number of hydrogen-bond donors (Lipinski definition) is 2. The summed E-state index contributed by atoms with van der Waals surface area (Å²) in [5.74, 6) is 0.229. The predicted molar refractivity (Wildman–Crippen MR) is 113 cm³/mol. The van der Waals surface area contributed by atoms with Crippen LogP contribution >= 0.6 is 0 Å². The molecule has 1 aliphatic heterocycles. The van der Waals surface area contributed by atoms with Gasteiger partial charge in [0.05, 0.1) is 22.2 Å². The Morgan fingerprint density at radius 2 is 1.93 bits per heavy atom. The number of H-pyrrole nitrogens is 1. The van der Waals surface area contributed by atoms with E-state index >= 15 is 0 Å². The van der Waals surface area contributed by atoms with Crippen LogP contribution in [0, 0.1) is 0 Å². The highest BCUT2D eigenvalue weighted by Gasteiger charge is 2.40. The Hall–Kier alpha value is -3.74. The Balaban J connectivity index is 1.60. The number of carbonyl (C=O) groups is 1. The molecule has 4 aromatic rings. The van der Waals surface area contributed by atoms with E-state index in [1.165, 1.54) is 0 Å². The van der Waals surface area contributed by atoms with Crippen molar-refractivity contribution in [1.82, 2.24) is 19.9 Å². The highest BCUT2D eigenvalue weighted by atomic mass is 16.1. The number of aldehydes is 1. The fourth-order valence-electron chi connectivity index (χ4n) is 4.24. The number of fused-ring (bicyclic) bond motifs is 1. The Labute approximate surface area is 167 Å². The fraction of sp³-hybridized carbons (Fsp3) is 0.182. The van der Waals surface area contributed by atoms with E-state index in [0.29, 0.717) is 6.54 Å². The van der Waals surface area contributed by atoms with Gasteiger partial charge in [0.1, 0.15) is 11.9 Å². The van der Waals surface area contributed by atoms with Gasteiger partial charge in [-0.15, -0.1) is 0 Å². The smallest absolute Gasteiger partial charge is 0.220 e. The third-order valence-electron chi connectivity index (χ3n) is 5.72. The zero-order valence-electron chi connectivity index (χ0n) is 15.7. The van der Waals surface area contributed by atoms with E-state index in [1.807, 2.05) is 48.7 Å². The topological polar surface area (TPSA) is 101 Å². The second-order valence-electron chi connectivity index (χ2n) is 7.37. The lowest BCUT2D eigenvalue weighted by atomic mass is 9.81. The molecule has 0 bridgehead atoms. The van der Waals surface area contributed by atoms with Crippen molar-refractivity contribution in [1.29, 1.82) is 0 Å². The minimum atomic E-state index is -0.507. The number of rotatable bonds is 4. The van der Waals surface area contributed by atoms with Crippen molar-refractivity contribution < 1.29 is 4.79 Å². The summed E-state index contributed by atoms with van der Waals surface area (Å²) < 4.78 is 0. The molecule has 0 saturated carbocycles. The number of nitrogens with one attached hydrogen (secondary N) is 1. The number of nitrogens with two attached hydrogens (primary N) is 1. The molecule has 1 aliphatic rings. The van der Waals surface area contributed by atoms with Crippen LogP contribution in [0.5, 0.6) is 0 Å². The second-order valence-corrected chi connectivity index (χ2v) is 7.37. The number of pyridine rings is 1. The van der Waals surface area contributed by atoms with Crippen LogP contribution in [0.1, 0.15) is 12.0 Å². The first-order chi connectivity index (χ1) is 14.2. The molecule has 0 amide bonds. The molecule has 3 N–H and O–H groups in total. The lowest BCUT2D eigenvalue weighted by Gasteiger charge is -2.25. The van der Waals surface area contributed by atoms with Crippen LogP contribution < -0.4 is 10.6 Å². The summed E-state index contributed by atoms with van der Waals surface area (Å²) in [5, 5.41) is 0.973. The number of nitrogen functional groups attached to an aromatic ring is 1. The van der Waals surface area contributed by atoms with Gasteiger partial charge in [0, 0.05) is 37.2 Å². The van der Waals surface area contributed by atoms with Crippen LogP contribution in [0.3, 0.4) is 0 Å². The number of carbonyl (C=O) groups excluding carboxylic acids is 1. The molecule has 1 unspecified atom stereocenters. The minimum absolute atomic E-state index is 0.229. The number of aromatic amines is 1. The summed E-state index contributed by atoms with van der Waals surface area (Å²) >= 11 is 0. The molecule has 4 heterocycles. The van der Waals surface area contributed by atoms with Gasteiger partial charge >= 0.3 is 0 Å². The summed E-state index contributed by atoms with van der Waals surface area (Å²) in [6.07, 6.45) is 7.20. The molecule has 0 aliphatic carbocycles. The molecule has 7 nitrogen and oxygen atoms in total. The van der Waals surface area contributed by atoms with Crippen LogP contribution in [0.15, 0.2) is 61.1 Å². The van der Waals surface area contributed by atoms with Crippen molar-refractivity contribution in [3.05, 3.63) is 66.6 Å². The molecule has 5 rings (SSSR count). The Bertz CT molecular complexity index is 1190. The number of hydrogen-bond acceptors (Lipinski definition) is 6. The first-order valence-corrected chi connectivity index (χ1v) is 9.52. The van der Waals surface area contributed by atoms with Gasteiger partial charge < -0.3 is 20.4 Å². The van der Waals surface area contributed by atoms with Crippen molar-refractivity contribution in [2.45, 2.75) is 11.8 Å². The van der Waals surface area contributed by atoms with Crippen LogP contribution in [0.25, 0.3) is 22.3 Å². The van der Waals surface area contributed by atoms with Crippen molar-refractivity contribution in [3.63, 3.8) is 0 Å². The molecular weight excluding hydrogens is 364 g/mol. The molecule has 1 saturated heterocycles. The van der Waals surface area contributed by atoms with Crippen LogP contribution in [-0.4, -0.2) is 39.3 Å². The largest absolute Gasteiger partial charge is 0.369 e. The predicted octanol–water partition coefficient (Wildman–Crippen LogP) is 2.95. The Morgan fingerprint density at radius 1 is 1.10 bits per heavy atom. The van der Waals surface area contributed by atoms with E-state index in [4.69, 9.17) is 5.73 Å². The van der Waals surface area contributed by atoms with E-state index in [2.05, 4.69) is 24.8 Å². The van der Waals surface area contributed by atoms with E-state index in [1.54, 1.807) is 12.4 Å². The zero-order chi connectivity index (χ0) is 19.8. The van der Waals surface area contributed by atoms with Gasteiger partial charge in [-0.2, -0.15) is 0 Å². The van der Waals surface area contributed by atoms with Gasteiger partial charge in [-0.3, -0.25) is 0 Å². The third-order valence-corrected chi connectivity index (χ3v) is 5.72. The fourth-order valence-corrected chi connectivity index (χ4v) is 4.24. The Kier molecular flexibility index (Phi) is 4.01. The monoisotopic (exact) mass is 384 g/mol. The summed E-state index contributed by atoms with van der Waals surface area (Å²) in [6.45, 7) is 1.40.